The Balaban J connectivity index is 2.43. The van der Waals surface area contributed by atoms with E-state index in [4.69, 9.17) is 0 Å². The fraction of sp³-hybridized carbons (Fsp3) is 0.154. The molecule has 2 rings (SSSR count). The zero-order chi connectivity index (χ0) is 15.5. The quantitative estimate of drug-likeness (QED) is 0.616. The predicted molar refractivity (Wildman–Crippen MR) is 76.7 cm³/mol. The molecule has 0 spiro atoms. The maximum Gasteiger partial charge on any atom is 0.330 e. The van der Waals surface area contributed by atoms with Gasteiger partial charge in [0.25, 0.3) is 10.0 Å². The largest absolute Gasteiger partial charge is 0.466 e. The summed E-state index contributed by atoms with van der Waals surface area (Å²) in [6, 6.07) is 7.10. The molecule has 0 atom stereocenters. The van der Waals surface area contributed by atoms with Crippen LogP contribution in [0.3, 0.4) is 0 Å². The van der Waals surface area contributed by atoms with Crippen molar-refractivity contribution >= 4 is 22.1 Å². The third-order valence-electron chi connectivity index (χ3n) is 2.65. The van der Waals surface area contributed by atoms with E-state index in [0.717, 1.165) is 10.3 Å². The van der Waals surface area contributed by atoms with E-state index in [1.54, 1.807) is 30.3 Å². The highest BCUT2D eigenvalue weighted by molar-refractivity contribution is 7.89. The first kappa shape index (κ1) is 14.9. The minimum atomic E-state index is -3.48. The molecule has 0 saturated carbocycles. The molecule has 0 radical (unpaired) electrons. The summed E-state index contributed by atoms with van der Waals surface area (Å²) in [4.78, 5) is 11.1. The Bertz CT molecular complexity index is 793. The van der Waals surface area contributed by atoms with Crippen LogP contribution in [-0.4, -0.2) is 42.2 Å². The van der Waals surface area contributed by atoms with Gasteiger partial charge in [0.2, 0.25) is 0 Å². The molecule has 7 nitrogen and oxygen atoms in total. The van der Waals surface area contributed by atoms with Crippen molar-refractivity contribution in [2.75, 3.05) is 13.4 Å². The maximum absolute atomic E-state index is 11.4. The Kier molecular flexibility index (Phi) is 4.18. The monoisotopic (exact) mass is 307 g/mol. The number of hydrogen-bond acceptors (Lipinski definition) is 6. The van der Waals surface area contributed by atoms with Crippen LogP contribution in [0, 0.1) is 0 Å². The first-order valence-electron chi connectivity index (χ1n) is 5.90. The van der Waals surface area contributed by atoms with E-state index >= 15 is 0 Å². The smallest absolute Gasteiger partial charge is 0.330 e. The van der Waals surface area contributed by atoms with Gasteiger partial charge in [-0.2, -0.15) is 0 Å². The number of nitrogens with zero attached hydrogens (tertiary/aromatic N) is 3. The van der Waals surface area contributed by atoms with Crippen LogP contribution in [0.1, 0.15) is 5.56 Å². The Morgan fingerprint density at radius 1 is 1.33 bits per heavy atom. The van der Waals surface area contributed by atoms with Crippen molar-refractivity contribution in [2.24, 2.45) is 0 Å². The number of rotatable bonds is 4. The highest BCUT2D eigenvalue weighted by Crippen LogP contribution is 2.22. The SMILES string of the molecule is COC(=O)/C=C/c1ccccc1-c1cn(S(C)(=O)=O)nn1. The van der Waals surface area contributed by atoms with E-state index in [-0.39, 0.29) is 0 Å². The number of ether oxygens (including phenoxy) is 1. The summed E-state index contributed by atoms with van der Waals surface area (Å²) in [5.41, 5.74) is 1.75. The van der Waals surface area contributed by atoms with Crippen LogP contribution in [0.5, 0.6) is 0 Å². The van der Waals surface area contributed by atoms with Crippen molar-refractivity contribution in [3.63, 3.8) is 0 Å². The van der Waals surface area contributed by atoms with E-state index in [1.807, 2.05) is 0 Å². The summed E-state index contributed by atoms with van der Waals surface area (Å²) >= 11 is 0. The number of carbonyl (C=O) groups excluding carboxylic acids is 1. The third-order valence-corrected chi connectivity index (χ3v) is 3.51. The lowest BCUT2D eigenvalue weighted by atomic mass is 10.0. The minimum absolute atomic E-state index is 0.394. The summed E-state index contributed by atoms with van der Waals surface area (Å²) in [5, 5.41) is 7.42. The number of hydrogen-bond donors (Lipinski definition) is 0. The molecular formula is C13H13N3O4S. The van der Waals surface area contributed by atoms with Crippen molar-refractivity contribution in [2.45, 2.75) is 0 Å². The Morgan fingerprint density at radius 2 is 2.05 bits per heavy atom. The predicted octanol–water partition coefficient (Wildman–Crippen LogP) is 0.939. The summed E-state index contributed by atoms with van der Waals surface area (Å²) in [6.45, 7) is 0. The molecule has 0 amide bonds. The maximum atomic E-state index is 11.4. The van der Waals surface area contributed by atoms with Gasteiger partial charge in [-0.15, -0.1) is 9.19 Å². The zero-order valence-electron chi connectivity index (χ0n) is 11.4. The summed E-state index contributed by atoms with van der Waals surface area (Å²) < 4.78 is 28.1. The molecule has 0 aliphatic heterocycles. The Morgan fingerprint density at radius 3 is 2.67 bits per heavy atom. The van der Waals surface area contributed by atoms with Gasteiger partial charge in [-0.25, -0.2) is 13.2 Å². The Hall–Kier alpha value is -2.48. The van der Waals surface area contributed by atoms with Gasteiger partial charge in [-0.1, -0.05) is 29.5 Å². The topological polar surface area (TPSA) is 91.2 Å². The van der Waals surface area contributed by atoms with Crippen molar-refractivity contribution in [3.8, 4) is 11.3 Å². The van der Waals surface area contributed by atoms with E-state index in [9.17, 15) is 13.2 Å². The highest BCUT2D eigenvalue weighted by Gasteiger charge is 2.12. The number of benzene rings is 1. The molecule has 0 unspecified atom stereocenters. The van der Waals surface area contributed by atoms with Gasteiger partial charge in [0.05, 0.1) is 19.6 Å². The Labute approximate surface area is 121 Å². The fourth-order valence-electron chi connectivity index (χ4n) is 1.64. The molecule has 0 bridgehead atoms. The molecule has 0 fully saturated rings. The van der Waals surface area contributed by atoms with Crippen LogP contribution in [-0.2, 0) is 19.6 Å². The van der Waals surface area contributed by atoms with Crippen LogP contribution in [0.2, 0.25) is 0 Å². The summed E-state index contributed by atoms with van der Waals surface area (Å²) in [5.74, 6) is -0.482. The van der Waals surface area contributed by atoms with E-state index < -0.39 is 16.0 Å². The molecule has 21 heavy (non-hydrogen) atoms. The lowest BCUT2D eigenvalue weighted by molar-refractivity contribution is -0.134. The van der Waals surface area contributed by atoms with Crippen LogP contribution in [0.25, 0.3) is 17.3 Å². The first-order valence-corrected chi connectivity index (χ1v) is 7.75. The van der Waals surface area contributed by atoms with Gasteiger partial charge in [0.15, 0.2) is 0 Å². The van der Waals surface area contributed by atoms with Gasteiger partial charge in [-0.05, 0) is 11.6 Å². The minimum Gasteiger partial charge on any atom is -0.466 e. The molecule has 1 aromatic heterocycles. The number of methoxy groups -OCH3 is 1. The molecule has 8 heteroatoms. The lowest BCUT2D eigenvalue weighted by Gasteiger charge is -2.01. The van der Waals surface area contributed by atoms with E-state index in [1.165, 1.54) is 19.4 Å². The van der Waals surface area contributed by atoms with E-state index in [0.29, 0.717) is 16.8 Å². The van der Waals surface area contributed by atoms with Gasteiger partial charge >= 0.3 is 5.97 Å². The van der Waals surface area contributed by atoms with Crippen molar-refractivity contribution in [3.05, 3.63) is 42.1 Å². The van der Waals surface area contributed by atoms with Crippen molar-refractivity contribution < 1.29 is 17.9 Å². The summed E-state index contributed by atoms with van der Waals surface area (Å²) in [7, 11) is -2.19. The van der Waals surface area contributed by atoms with Crippen molar-refractivity contribution in [1.82, 2.24) is 14.4 Å². The van der Waals surface area contributed by atoms with Crippen LogP contribution < -0.4 is 0 Å². The zero-order valence-corrected chi connectivity index (χ0v) is 12.2. The molecule has 0 aliphatic rings. The van der Waals surface area contributed by atoms with Gasteiger partial charge in [0, 0.05) is 11.6 Å². The lowest BCUT2D eigenvalue weighted by Crippen LogP contribution is -2.10. The second-order valence-electron chi connectivity index (χ2n) is 4.18. The number of carbonyl (C=O) groups is 1. The fourth-order valence-corrected chi connectivity index (χ4v) is 2.10. The van der Waals surface area contributed by atoms with Gasteiger partial charge < -0.3 is 4.74 Å². The molecule has 1 heterocycles. The molecule has 2 aromatic rings. The first-order chi connectivity index (χ1) is 9.91. The van der Waals surface area contributed by atoms with Crippen LogP contribution in [0.15, 0.2) is 36.5 Å². The van der Waals surface area contributed by atoms with Crippen LogP contribution >= 0.6 is 0 Å². The average Bonchev–Trinajstić information content (AvgIpc) is 2.94. The number of aromatic nitrogens is 3. The van der Waals surface area contributed by atoms with E-state index in [2.05, 4.69) is 15.0 Å². The number of esters is 1. The standard InChI is InChI=1S/C13H13N3O4S/c1-20-13(17)8-7-10-5-3-4-6-11(10)12-9-16(15-14-12)21(2,18)19/h3-9H,1-2H3/b8-7+. The van der Waals surface area contributed by atoms with Crippen molar-refractivity contribution in [1.29, 1.82) is 0 Å². The second-order valence-corrected chi connectivity index (χ2v) is 6.02. The molecule has 0 aliphatic carbocycles. The third kappa shape index (κ3) is 3.54. The molecular weight excluding hydrogens is 294 g/mol. The highest BCUT2D eigenvalue weighted by atomic mass is 32.2. The molecule has 0 N–H and O–H groups in total. The molecule has 110 valence electrons. The summed E-state index contributed by atoms with van der Waals surface area (Å²) in [6.07, 6.45) is 5.20. The van der Waals surface area contributed by atoms with Gasteiger partial charge in [0.1, 0.15) is 5.69 Å². The average molecular weight is 307 g/mol. The van der Waals surface area contributed by atoms with Gasteiger partial charge in [-0.3, -0.25) is 0 Å². The second kappa shape index (κ2) is 5.88. The molecule has 1 aromatic carbocycles. The normalized spacial score (nSPS) is 11.7. The molecule has 0 saturated heterocycles. The van der Waals surface area contributed by atoms with Crippen LogP contribution in [0.4, 0.5) is 0 Å².